The van der Waals surface area contributed by atoms with Gasteiger partial charge in [0.1, 0.15) is 6.04 Å². The minimum Gasteiger partial charge on any atom is -0.366 e. The Labute approximate surface area is 176 Å². The summed E-state index contributed by atoms with van der Waals surface area (Å²) in [6.45, 7) is 7.18. The Morgan fingerprint density at radius 2 is 1.66 bits per heavy atom. The molecule has 1 atom stereocenters. The first-order chi connectivity index (χ1) is 13.8. The molecule has 2 fully saturated rings. The van der Waals surface area contributed by atoms with Crippen molar-refractivity contribution in [2.45, 2.75) is 44.9 Å². The van der Waals surface area contributed by atoms with E-state index in [2.05, 4.69) is 4.90 Å². The highest BCUT2D eigenvalue weighted by Gasteiger charge is 2.61. The number of rotatable bonds is 4. The summed E-state index contributed by atoms with van der Waals surface area (Å²) in [5.74, 6) is 0.0432. The first-order valence-corrected chi connectivity index (χ1v) is 10.4. The molecule has 5 nitrogen and oxygen atoms in total. The zero-order chi connectivity index (χ0) is 20.8. The number of hydrogen-bond acceptors (Lipinski definition) is 3. The van der Waals surface area contributed by atoms with Gasteiger partial charge < -0.3 is 14.7 Å². The summed E-state index contributed by atoms with van der Waals surface area (Å²) in [5.41, 5.74) is 1.21. The summed E-state index contributed by atoms with van der Waals surface area (Å²) in [7, 11) is 0. The Hall–Kier alpha value is -2.53. The number of benzene rings is 2. The van der Waals surface area contributed by atoms with E-state index >= 15 is 0 Å². The molecule has 0 aromatic heterocycles. The molecule has 2 amide bonds. The fraction of sp³-hybridized carbons (Fsp3) is 0.391. The molecule has 0 aliphatic carbocycles. The van der Waals surface area contributed by atoms with Gasteiger partial charge in [-0.2, -0.15) is 0 Å². The maximum absolute atomic E-state index is 13.6. The Balaban J connectivity index is 1.68. The van der Waals surface area contributed by atoms with Crippen LogP contribution in [0.5, 0.6) is 0 Å². The van der Waals surface area contributed by atoms with Crippen LogP contribution in [-0.2, 0) is 16.1 Å². The largest absolute Gasteiger partial charge is 0.366 e. The third kappa shape index (κ3) is 3.27. The monoisotopic (exact) mass is 411 g/mol. The molecule has 0 bridgehead atoms. The van der Waals surface area contributed by atoms with Gasteiger partial charge in [-0.3, -0.25) is 9.59 Å². The average molecular weight is 412 g/mol. The van der Waals surface area contributed by atoms with Crippen LogP contribution in [0.2, 0.25) is 5.02 Å². The molecule has 6 heteroatoms. The van der Waals surface area contributed by atoms with Gasteiger partial charge in [0.05, 0.1) is 13.1 Å². The summed E-state index contributed by atoms with van der Waals surface area (Å²) in [6, 6.07) is 17.0. The molecule has 4 rings (SSSR count). The molecule has 0 radical (unpaired) electrons. The van der Waals surface area contributed by atoms with Gasteiger partial charge in [0.2, 0.25) is 5.91 Å². The highest BCUT2D eigenvalue weighted by molar-refractivity contribution is 6.30. The fourth-order valence-corrected chi connectivity index (χ4v) is 4.61. The summed E-state index contributed by atoms with van der Waals surface area (Å²) in [6.07, 6.45) is 0. The van der Waals surface area contributed by atoms with Crippen molar-refractivity contribution in [3.05, 3.63) is 65.2 Å². The van der Waals surface area contributed by atoms with Crippen molar-refractivity contribution in [2.24, 2.45) is 0 Å². The number of halogens is 1. The average Bonchev–Trinajstić information content (AvgIpc) is 2.67. The van der Waals surface area contributed by atoms with Crippen LogP contribution in [0.25, 0.3) is 0 Å². The van der Waals surface area contributed by atoms with Crippen LogP contribution in [-0.4, -0.2) is 52.3 Å². The molecule has 1 spiro atoms. The quantitative estimate of drug-likeness (QED) is 0.772. The Morgan fingerprint density at radius 1 is 1.03 bits per heavy atom. The van der Waals surface area contributed by atoms with E-state index in [1.165, 1.54) is 0 Å². The van der Waals surface area contributed by atoms with E-state index in [0.29, 0.717) is 24.7 Å². The van der Waals surface area contributed by atoms with Crippen molar-refractivity contribution in [1.29, 1.82) is 0 Å². The van der Waals surface area contributed by atoms with E-state index in [9.17, 15) is 9.59 Å². The lowest BCUT2D eigenvalue weighted by Gasteiger charge is -2.60. The van der Waals surface area contributed by atoms with Crippen molar-refractivity contribution < 1.29 is 9.59 Å². The summed E-state index contributed by atoms with van der Waals surface area (Å²) in [4.78, 5) is 32.7. The van der Waals surface area contributed by atoms with Crippen molar-refractivity contribution in [3.8, 4) is 0 Å². The predicted molar refractivity (Wildman–Crippen MR) is 115 cm³/mol. The van der Waals surface area contributed by atoms with Gasteiger partial charge in [-0.15, -0.1) is 0 Å². The summed E-state index contributed by atoms with van der Waals surface area (Å²) >= 11 is 6.02. The number of carbonyl (C=O) groups is 2. The molecule has 1 unspecified atom stereocenters. The van der Waals surface area contributed by atoms with Gasteiger partial charge in [0.25, 0.3) is 5.91 Å². The number of hydrogen-bond donors (Lipinski definition) is 0. The topological polar surface area (TPSA) is 43.9 Å². The molecule has 2 aliphatic heterocycles. The van der Waals surface area contributed by atoms with Gasteiger partial charge in [-0.25, -0.2) is 0 Å². The van der Waals surface area contributed by atoms with E-state index in [0.717, 1.165) is 11.3 Å². The predicted octanol–water partition coefficient (Wildman–Crippen LogP) is 3.57. The number of piperazine rings is 1. The Morgan fingerprint density at radius 3 is 2.24 bits per heavy atom. The zero-order valence-electron chi connectivity index (χ0n) is 17.0. The Bertz CT molecular complexity index is 907. The van der Waals surface area contributed by atoms with Crippen LogP contribution in [0.15, 0.2) is 54.6 Å². The van der Waals surface area contributed by atoms with Crippen molar-refractivity contribution >= 4 is 29.1 Å². The smallest absolute Gasteiger partial charge is 0.253 e. The first-order valence-electron chi connectivity index (χ1n) is 10.0. The van der Waals surface area contributed by atoms with Crippen molar-refractivity contribution in [2.75, 3.05) is 18.0 Å². The van der Waals surface area contributed by atoms with Gasteiger partial charge in [0.15, 0.2) is 5.54 Å². The van der Waals surface area contributed by atoms with Crippen LogP contribution in [0, 0.1) is 0 Å². The fourth-order valence-electron chi connectivity index (χ4n) is 4.48. The second-order valence-electron chi connectivity index (χ2n) is 8.26. The van der Waals surface area contributed by atoms with Crippen molar-refractivity contribution in [1.82, 2.24) is 9.80 Å². The molecular weight excluding hydrogens is 386 g/mol. The number of anilines is 1. The summed E-state index contributed by atoms with van der Waals surface area (Å²) < 4.78 is 0. The normalized spacial score (nSPS) is 21.1. The van der Waals surface area contributed by atoms with Gasteiger partial charge in [0, 0.05) is 23.3 Å². The molecule has 29 heavy (non-hydrogen) atoms. The lowest BCUT2D eigenvalue weighted by Crippen LogP contribution is -2.82. The molecule has 2 saturated heterocycles. The highest BCUT2D eigenvalue weighted by atomic mass is 35.5. The van der Waals surface area contributed by atoms with Crippen LogP contribution < -0.4 is 4.90 Å². The maximum Gasteiger partial charge on any atom is 0.253 e. The molecule has 152 valence electrons. The lowest BCUT2D eigenvalue weighted by molar-refractivity contribution is -0.175. The third-order valence-electron chi connectivity index (χ3n) is 6.03. The number of carbonyl (C=O) groups excluding carboxylic acids is 2. The second-order valence-corrected chi connectivity index (χ2v) is 8.69. The number of amides is 2. The maximum atomic E-state index is 13.6. The van der Waals surface area contributed by atoms with E-state index in [4.69, 9.17) is 11.6 Å². The molecular formula is C23H26ClN3O2. The van der Waals surface area contributed by atoms with Crippen molar-refractivity contribution in [3.63, 3.8) is 0 Å². The first kappa shape index (κ1) is 19.8. The van der Waals surface area contributed by atoms with Crippen LogP contribution in [0.1, 0.15) is 26.3 Å². The van der Waals surface area contributed by atoms with Gasteiger partial charge in [-0.1, -0.05) is 41.9 Å². The van der Waals surface area contributed by atoms with Gasteiger partial charge in [-0.05, 0) is 50.6 Å². The molecule has 2 aliphatic rings. The van der Waals surface area contributed by atoms with Crippen LogP contribution in [0.4, 0.5) is 5.69 Å². The SMILES string of the molecule is CC(C)N1C(=O)C2(CN(c3ccccc3)C2)N(Cc2ccc(Cl)cc2)C(=O)C1C. The summed E-state index contributed by atoms with van der Waals surface area (Å²) in [5, 5.41) is 0.655. The van der Waals surface area contributed by atoms with E-state index < -0.39 is 11.6 Å². The molecule has 2 aromatic rings. The lowest BCUT2D eigenvalue weighted by atomic mass is 9.81. The Kier molecular flexibility index (Phi) is 5.03. The van der Waals surface area contributed by atoms with Crippen LogP contribution in [0.3, 0.4) is 0 Å². The molecule has 2 heterocycles. The van der Waals surface area contributed by atoms with E-state index in [1.54, 1.807) is 9.80 Å². The molecule has 2 aromatic carbocycles. The van der Waals surface area contributed by atoms with Gasteiger partial charge >= 0.3 is 0 Å². The molecule has 0 N–H and O–H groups in total. The highest BCUT2D eigenvalue weighted by Crippen LogP contribution is 2.39. The zero-order valence-corrected chi connectivity index (χ0v) is 17.8. The minimum absolute atomic E-state index is 0.000890. The third-order valence-corrected chi connectivity index (χ3v) is 6.28. The standard InChI is InChI=1S/C23H26ClN3O2/c1-16(2)27-17(3)21(28)26(13-18-9-11-19(24)12-10-18)23(22(27)29)14-25(15-23)20-7-5-4-6-8-20/h4-12,16-17H,13-15H2,1-3H3. The molecule has 0 saturated carbocycles. The van der Waals surface area contributed by atoms with E-state index in [1.807, 2.05) is 75.4 Å². The van der Waals surface area contributed by atoms with Crippen LogP contribution >= 0.6 is 11.6 Å². The second kappa shape index (κ2) is 7.38. The number of para-hydroxylation sites is 1. The van der Waals surface area contributed by atoms with E-state index in [-0.39, 0.29) is 17.9 Å². The minimum atomic E-state index is -0.830. The number of nitrogens with zero attached hydrogens (tertiary/aromatic N) is 3.